The van der Waals surface area contributed by atoms with E-state index in [-0.39, 0.29) is 22.2 Å². The van der Waals surface area contributed by atoms with Crippen molar-refractivity contribution in [2.45, 2.75) is 12.7 Å². The van der Waals surface area contributed by atoms with Crippen LogP contribution in [-0.2, 0) is 5.75 Å². The Morgan fingerprint density at radius 3 is 2.75 bits per heavy atom. The van der Waals surface area contributed by atoms with Gasteiger partial charge in [-0.05, 0) is 18.1 Å². The second-order valence-electron chi connectivity index (χ2n) is 4.91. The molecule has 0 saturated heterocycles. The molecule has 8 heteroatoms. The summed E-state index contributed by atoms with van der Waals surface area (Å²) in [5.74, 6) is 0.586. The molecule has 0 fully saturated rings. The Hall–Kier alpha value is -2.87. The monoisotopic (exact) mass is 344 g/mol. The molecule has 0 unspecified atom stereocenters. The molecular weight excluding hydrogens is 328 g/mol. The molecule has 0 aliphatic carbocycles. The van der Waals surface area contributed by atoms with Crippen molar-refractivity contribution in [3.05, 3.63) is 69.3 Å². The molecule has 124 valence electrons. The van der Waals surface area contributed by atoms with E-state index in [1.807, 2.05) is 30.3 Å². The van der Waals surface area contributed by atoms with E-state index in [1.54, 1.807) is 6.92 Å². The Morgan fingerprint density at radius 1 is 1.38 bits per heavy atom. The van der Waals surface area contributed by atoms with E-state index in [2.05, 4.69) is 10.2 Å². The lowest BCUT2D eigenvalue weighted by Crippen LogP contribution is -2.06. The summed E-state index contributed by atoms with van der Waals surface area (Å²) < 4.78 is 0. The molecule has 0 atom stereocenters. The van der Waals surface area contributed by atoms with Crippen LogP contribution in [0.3, 0.4) is 0 Å². The summed E-state index contributed by atoms with van der Waals surface area (Å²) >= 11 is 1.32. The number of benzene rings is 2. The smallest absolute Gasteiger partial charge is 0.270 e. The molecule has 7 nitrogen and oxygen atoms in total. The number of hydrogen-bond acceptors (Lipinski definition) is 6. The third kappa shape index (κ3) is 4.82. The van der Waals surface area contributed by atoms with Crippen molar-refractivity contribution in [3.63, 3.8) is 0 Å². The summed E-state index contributed by atoms with van der Waals surface area (Å²) in [7, 11) is 0. The fraction of sp³-hybridized carbons (Fsp3) is 0.125. The third-order valence-corrected chi connectivity index (χ3v) is 3.96. The number of phenols is 1. The zero-order chi connectivity index (χ0) is 17.5. The Morgan fingerprint density at radius 2 is 2.08 bits per heavy atom. The number of nitrogens with two attached hydrogens (primary N) is 1. The van der Waals surface area contributed by atoms with E-state index in [1.165, 1.54) is 30.1 Å². The van der Waals surface area contributed by atoms with Gasteiger partial charge in [-0.25, -0.2) is 0 Å². The van der Waals surface area contributed by atoms with Crippen LogP contribution < -0.4 is 5.73 Å². The maximum atomic E-state index is 10.8. The molecule has 0 amide bonds. The standard InChI is InChI=1S/C16H16N4O3S/c1-11-7-14(20(22)23)8-13(15(11)21)9-18-19-16(17)24-10-12-5-3-2-4-6-12/h2-9,21H,10H2,1H3,(H2,17,19). The molecule has 3 N–H and O–H groups in total. The van der Waals surface area contributed by atoms with E-state index < -0.39 is 4.92 Å². The normalized spacial score (nSPS) is 11.8. The number of non-ortho nitro benzene ring substituents is 1. The number of rotatable bonds is 5. The molecule has 0 aliphatic heterocycles. The predicted octanol–water partition coefficient (Wildman–Crippen LogP) is 3.19. The minimum atomic E-state index is -0.531. The zero-order valence-corrected chi connectivity index (χ0v) is 13.7. The fourth-order valence-electron chi connectivity index (χ4n) is 1.90. The highest BCUT2D eigenvalue weighted by molar-refractivity contribution is 8.13. The van der Waals surface area contributed by atoms with Gasteiger partial charge in [-0.1, -0.05) is 42.1 Å². The van der Waals surface area contributed by atoms with Crippen LogP contribution in [-0.4, -0.2) is 21.4 Å². The lowest BCUT2D eigenvalue weighted by molar-refractivity contribution is -0.384. The van der Waals surface area contributed by atoms with Crippen molar-refractivity contribution < 1.29 is 10.0 Å². The Kier molecular flexibility index (Phi) is 5.91. The summed E-state index contributed by atoms with van der Waals surface area (Å²) in [4.78, 5) is 10.3. The predicted molar refractivity (Wildman–Crippen MR) is 96.5 cm³/mol. The maximum absolute atomic E-state index is 10.8. The van der Waals surface area contributed by atoms with Crippen LogP contribution in [0.15, 0.2) is 52.7 Å². The van der Waals surface area contributed by atoms with Crippen LogP contribution in [0.25, 0.3) is 0 Å². The van der Waals surface area contributed by atoms with Crippen molar-refractivity contribution in [1.82, 2.24) is 0 Å². The molecule has 0 saturated carbocycles. The summed E-state index contributed by atoms with van der Waals surface area (Å²) in [6.45, 7) is 1.58. The molecule has 2 rings (SSSR count). The van der Waals surface area contributed by atoms with Gasteiger partial charge in [0.15, 0.2) is 5.17 Å². The highest BCUT2D eigenvalue weighted by Gasteiger charge is 2.12. The molecule has 0 spiro atoms. The van der Waals surface area contributed by atoms with E-state index in [4.69, 9.17) is 5.73 Å². The van der Waals surface area contributed by atoms with E-state index in [9.17, 15) is 15.2 Å². The minimum Gasteiger partial charge on any atom is -0.507 e. The van der Waals surface area contributed by atoms with Gasteiger partial charge < -0.3 is 10.8 Å². The van der Waals surface area contributed by atoms with Crippen LogP contribution in [0.4, 0.5) is 5.69 Å². The first-order valence-corrected chi connectivity index (χ1v) is 7.97. The van der Waals surface area contributed by atoms with Gasteiger partial charge >= 0.3 is 0 Å². The minimum absolute atomic E-state index is 0.0740. The molecule has 24 heavy (non-hydrogen) atoms. The molecule has 2 aromatic carbocycles. The topological polar surface area (TPSA) is 114 Å². The van der Waals surface area contributed by atoms with Crippen LogP contribution in [0.2, 0.25) is 0 Å². The first kappa shape index (κ1) is 17.5. The summed E-state index contributed by atoms with van der Waals surface area (Å²) in [6, 6.07) is 12.3. The number of aromatic hydroxyl groups is 1. The number of thioether (sulfide) groups is 1. The van der Waals surface area contributed by atoms with Gasteiger partial charge in [0.1, 0.15) is 5.75 Å². The third-order valence-electron chi connectivity index (χ3n) is 3.11. The Labute approximate surface area is 143 Å². The average Bonchev–Trinajstić information content (AvgIpc) is 2.57. The summed E-state index contributed by atoms with van der Waals surface area (Å²) in [6.07, 6.45) is 1.24. The largest absolute Gasteiger partial charge is 0.507 e. The van der Waals surface area contributed by atoms with Gasteiger partial charge in [-0.3, -0.25) is 10.1 Å². The lowest BCUT2D eigenvalue weighted by Gasteiger charge is -2.02. The van der Waals surface area contributed by atoms with Crippen molar-refractivity contribution in [2.75, 3.05) is 0 Å². The van der Waals surface area contributed by atoms with Gasteiger partial charge in [-0.15, -0.1) is 5.10 Å². The first-order valence-electron chi connectivity index (χ1n) is 6.98. The van der Waals surface area contributed by atoms with Crippen LogP contribution >= 0.6 is 11.8 Å². The molecule has 0 radical (unpaired) electrons. The Balaban J connectivity index is 2.06. The number of nitro groups is 1. The van der Waals surface area contributed by atoms with Crippen molar-refractivity contribution in [1.29, 1.82) is 0 Å². The number of nitro benzene ring substituents is 1. The molecule has 0 heterocycles. The number of aryl methyl sites for hydroxylation is 1. The summed E-state index contributed by atoms with van der Waals surface area (Å²) in [5.41, 5.74) is 7.35. The number of amidine groups is 1. The van der Waals surface area contributed by atoms with Crippen molar-refractivity contribution >= 4 is 28.8 Å². The molecule has 2 aromatic rings. The van der Waals surface area contributed by atoms with Gasteiger partial charge in [0.05, 0.1) is 11.1 Å². The summed E-state index contributed by atoms with van der Waals surface area (Å²) in [5, 5.41) is 28.6. The first-order chi connectivity index (χ1) is 11.5. The SMILES string of the molecule is Cc1cc([N+](=O)[O-])cc(C=NN=C(N)SCc2ccccc2)c1O. The van der Waals surface area contributed by atoms with Crippen LogP contribution in [0.5, 0.6) is 5.75 Å². The molecule has 0 aliphatic rings. The van der Waals surface area contributed by atoms with Crippen LogP contribution in [0, 0.1) is 17.0 Å². The quantitative estimate of drug-likeness (QED) is 0.374. The van der Waals surface area contributed by atoms with Crippen molar-refractivity contribution in [3.8, 4) is 5.75 Å². The molecule has 0 bridgehead atoms. The molecular formula is C16H16N4O3S. The van der Waals surface area contributed by atoms with Gasteiger partial charge in [0.25, 0.3) is 5.69 Å². The van der Waals surface area contributed by atoms with Gasteiger partial charge in [-0.2, -0.15) is 5.10 Å². The number of phenolic OH excluding ortho intramolecular Hbond substituents is 1. The maximum Gasteiger partial charge on any atom is 0.270 e. The fourth-order valence-corrected chi connectivity index (χ4v) is 2.51. The second-order valence-corrected chi connectivity index (χ2v) is 5.91. The van der Waals surface area contributed by atoms with E-state index in [0.717, 1.165) is 5.56 Å². The molecule has 0 aromatic heterocycles. The van der Waals surface area contributed by atoms with Crippen LogP contribution in [0.1, 0.15) is 16.7 Å². The highest BCUT2D eigenvalue weighted by atomic mass is 32.2. The number of hydrogen-bond donors (Lipinski definition) is 2. The second kappa shape index (κ2) is 8.11. The highest BCUT2D eigenvalue weighted by Crippen LogP contribution is 2.26. The van der Waals surface area contributed by atoms with E-state index in [0.29, 0.717) is 11.3 Å². The Bertz CT molecular complexity index is 791. The zero-order valence-electron chi connectivity index (χ0n) is 12.9. The van der Waals surface area contributed by atoms with Crippen molar-refractivity contribution in [2.24, 2.45) is 15.9 Å². The van der Waals surface area contributed by atoms with Gasteiger partial charge in [0, 0.05) is 23.4 Å². The number of nitrogens with zero attached hydrogens (tertiary/aromatic N) is 3. The lowest BCUT2D eigenvalue weighted by atomic mass is 10.1. The average molecular weight is 344 g/mol. The van der Waals surface area contributed by atoms with Gasteiger partial charge in [0.2, 0.25) is 0 Å². The van der Waals surface area contributed by atoms with E-state index >= 15 is 0 Å².